The van der Waals surface area contributed by atoms with Crippen LogP contribution < -0.4 is 0 Å². The first kappa shape index (κ1) is 9060. The molecule has 0 unspecified atom stereocenters. The summed E-state index contributed by atoms with van der Waals surface area (Å²) in [6.07, 6.45) is 0. The molecule has 4 heavy (non-hydrogen) atoms. The quantitative estimate of drug-likeness (QED) is 0.263. The molecule has 0 nitrogen and oxygen atoms in total. The van der Waals surface area contributed by atoms with E-state index in [2.05, 4.69) is 0 Å². The fourth-order valence-electron chi connectivity index (χ4n) is 0. The Labute approximate surface area is 31.8 Å². The molecule has 0 aliphatic carbocycles. The van der Waals surface area contributed by atoms with Crippen LogP contribution in [0.25, 0.3) is 0 Å². The van der Waals surface area contributed by atoms with Crippen molar-refractivity contribution < 1.29 is 0 Å². The third kappa shape index (κ3) is 555. The number of rotatable bonds is 0. The van der Waals surface area contributed by atoms with Gasteiger partial charge in [0.15, 0.2) is 0 Å². The average Bonchev–Trinajstić information content (AvgIpc) is 0. The van der Waals surface area contributed by atoms with Gasteiger partial charge in [0.2, 0.25) is 0 Å². The Hall–Kier alpha value is 0.0649. The van der Waals surface area contributed by atoms with E-state index in [0.29, 0.717) is 0 Å². The monoisotopic (exact) mass is 47.0 g/mol. The van der Waals surface area contributed by atoms with Crippen molar-refractivity contribution in [1.82, 2.24) is 0 Å². The molecule has 0 aromatic heterocycles. The first-order chi connectivity index (χ1) is 0. The van der Waals surface area contributed by atoms with Crippen LogP contribution in [-0.2, 0) is 0 Å². The normalized spacial score (nSPS) is 0. The van der Waals surface area contributed by atoms with Crippen molar-refractivity contribution in [2.24, 2.45) is 0 Å². The molecule has 15 valence electrons. The van der Waals surface area contributed by atoms with Crippen LogP contribution in [0.2, 0.25) is 0 Å². The SMILES string of the molecule is [B+3].[C-].[C-].[C-]. The predicted molar refractivity (Wildman–Crippen MR) is 15.5 cm³/mol. The second-order valence-corrected chi connectivity index (χ2v) is 0. The van der Waals surface area contributed by atoms with Crippen molar-refractivity contribution in [2.75, 3.05) is 0 Å². The largest absolute Gasteiger partial charge is 3.00 e. The summed E-state index contributed by atoms with van der Waals surface area (Å²) in [5.41, 5.74) is 0. The molecule has 9 radical (unpaired) electrons. The van der Waals surface area contributed by atoms with E-state index in [-0.39, 0.29) is 30.7 Å². The summed E-state index contributed by atoms with van der Waals surface area (Å²) in [5, 5.41) is 0. The molecule has 0 heterocycles. The molecule has 1 heteroatoms. The first-order valence-corrected chi connectivity index (χ1v) is 0. The molecule has 0 saturated carbocycles. The molecular weight excluding hydrogens is 46.8 g/mol. The first-order valence-electron chi connectivity index (χ1n) is 0. The van der Waals surface area contributed by atoms with Crippen LogP contribution in [0.1, 0.15) is 0 Å². The molecule has 0 N–H and O–H groups in total. The molecule has 0 amide bonds. The molecule has 0 aromatic carbocycles. The molecule has 0 spiro atoms. The van der Waals surface area contributed by atoms with Crippen molar-refractivity contribution >= 4 is 8.41 Å². The smallest absolute Gasteiger partial charge is 1.00 e. The van der Waals surface area contributed by atoms with Crippen LogP contribution in [-0.4, -0.2) is 8.41 Å². The fraction of sp³-hybridized carbons (Fsp3) is 0. The van der Waals surface area contributed by atoms with Gasteiger partial charge < -0.3 is 22.3 Å². The van der Waals surface area contributed by atoms with E-state index < -0.39 is 0 Å². The van der Waals surface area contributed by atoms with E-state index in [1.54, 1.807) is 0 Å². The van der Waals surface area contributed by atoms with Gasteiger partial charge >= 0.3 is 8.41 Å². The zero-order valence-electron chi connectivity index (χ0n) is 2.08. The van der Waals surface area contributed by atoms with Gasteiger partial charge in [0.05, 0.1) is 0 Å². The topological polar surface area (TPSA) is 0 Å². The van der Waals surface area contributed by atoms with Crippen LogP contribution in [0.4, 0.5) is 0 Å². The van der Waals surface area contributed by atoms with Gasteiger partial charge in [0.1, 0.15) is 0 Å². The Morgan fingerprint density at radius 2 is 0.500 bits per heavy atom. The molecule has 0 aliphatic rings. The Morgan fingerprint density at radius 3 is 0.500 bits per heavy atom. The van der Waals surface area contributed by atoms with E-state index in [0.717, 1.165) is 0 Å². The maximum atomic E-state index is 0. The standard InChI is InChI=1S/3C.B/q3*-1;+3. The van der Waals surface area contributed by atoms with Gasteiger partial charge in [-0.15, -0.1) is 0 Å². The predicted octanol–water partition coefficient (Wildman–Crippen LogP) is -0.137. The number of hydrogen-bond acceptors (Lipinski definition) is 0. The second kappa shape index (κ2) is 3100. The van der Waals surface area contributed by atoms with Crippen molar-refractivity contribution in [3.8, 4) is 0 Å². The van der Waals surface area contributed by atoms with E-state index >= 15 is 0 Å². The van der Waals surface area contributed by atoms with E-state index in [9.17, 15) is 0 Å². The second-order valence-electron chi connectivity index (χ2n) is 0. The number of hydrogen-bond donors (Lipinski definition) is 0. The third-order valence-electron chi connectivity index (χ3n) is 0. The Morgan fingerprint density at radius 1 is 0.500 bits per heavy atom. The van der Waals surface area contributed by atoms with Crippen LogP contribution in [0.15, 0.2) is 0 Å². The molecule has 0 aliphatic heterocycles. The minimum absolute atomic E-state index is 0. The van der Waals surface area contributed by atoms with Crippen molar-refractivity contribution in [3.05, 3.63) is 22.3 Å². The minimum atomic E-state index is 0. The fourth-order valence-corrected chi connectivity index (χ4v) is 0. The van der Waals surface area contributed by atoms with Crippen LogP contribution in [0.5, 0.6) is 0 Å². The Kier molecular flexibility index (Phi) is 7020000. The van der Waals surface area contributed by atoms with Crippen molar-refractivity contribution in [1.29, 1.82) is 0 Å². The third-order valence-corrected chi connectivity index (χ3v) is 0. The summed E-state index contributed by atoms with van der Waals surface area (Å²) >= 11 is 0. The van der Waals surface area contributed by atoms with Crippen LogP contribution >= 0.6 is 0 Å². The molecule has 0 rings (SSSR count). The average molecular weight is 46.8 g/mol. The van der Waals surface area contributed by atoms with E-state index in [4.69, 9.17) is 0 Å². The summed E-state index contributed by atoms with van der Waals surface area (Å²) in [5.74, 6) is 0. The summed E-state index contributed by atoms with van der Waals surface area (Å²) in [4.78, 5) is 0. The van der Waals surface area contributed by atoms with Gasteiger partial charge in [-0.25, -0.2) is 0 Å². The van der Waals surface area contributed by atoms with Crippen molar-refractivity contribution in [3.63, 3.8) is 0 Å². The molecular formula is C3B. The molecule has 0 fully saturated rings. The zero-order valence-corrected chi connectivity index (χ0v) is 2.08. The summed E-state index contributed by atoms with van der Waals surface area (Å²) < 4.78 is 0. The molecule has 0 bridgehead atoms. The summed E-state index contributed by atoms with van der Waals surface area (Å²) in [6, 6.07) is 0. The van der Waals surface area contributed by atoms with Crippen molar-refractivity contribution in [2.45, 2.75) is 0 Å². The Bertz CT molecular complexity index is 3.25. The molecule has 0 saturated heterocycles. The van der Waals surface area contributed by atoms with Gasteiger partial charge in [-0.1, -0.05) is 0 Å². The molecule has 0 atom stereocenters. The van der Waals surface area contributed by atoms with E-state index in [1.165, 1.54) is 0 Å². The van der Waals surface area contributed by atoms with Gasteiger partial charge in [-0.05, 0) is 0 Å². The van der Waals surface area contributed by atoms with Crippen LogP contribution in [0, 0.1) is 22.3 Å². The van der Waals surface area contributed by atoms with Gasteiger partial charge in [0, 0.05) is 0 Å². The van der Waals surface area contributed by atoms with Gasteiger partial charge in [0.25, 0.3) is 0 Å². The zero-order chi connectivity index (χ0) is 0. The van der Waals surface area contributed by atoms with Crippen LogP contribution in [0.3, 0.4) is 0 Å². The summed E-state index contributed by atoms with van der Waals surface area (Å²) in [7, 11) is 0. The summed E-state index contributed by atoms with van der Waals surface area (Å²) in [6.45, 7) is 0. The molecule has 0 aromatic rings. The maximum absolute atomic E-state index is 0. The minimum Gasteiger partial charge on any atom is -1.00 e. The van der Waals surface area contributed by atoms with Gasteiger partial charge in [-0.2, -0.15) is 0 Å². The Balaban J connectivity index is 0. The van der Waals surface area contributed by atoms with E-state index in [1.807, 2.05) is 0 Å². The van der Waals surface area contributed by atoms with Gasteiger partial charge in [-0.3, -0.25) is 0 Å². The maximum Gasteiger partial charge on any atom is 3.00 e.